The SMILES string of the molecule is Cc1noc(-c2ccc(C(=O)NNC(=O)c3csc(N4CCOCC4)n3)cc2)n1. The molecule has 0 aliphatic carbocycles. The molecule has 1 saturated heterocycles. The van der Waals surface area contributed by atoms with Gasteiger partial charge in [0, 0.05) is 29.6 Å². The molecule has 2 amide bonds. The molecule has 150 valence electrons. The molecular formula is C18H18N6O4S. The molecule has 0 bridgehead atoms. The molecule has 0 radical (unpaired) electrons. The van der Waals surface area contributed by atoms with Crippen molar-refractivity contribution in [3.8, 4) is 11.5 Å². The Balaban J connectivity index is 1.33. The highest BCUT2D eigenvalue weighted by atomic mass is 32.1. The molecular weight excluding hydrogens is 396 g/mol. The number of benzene rings is 1. The third kappa shape index (κ3) is 4.41. The van der Waals surface area contributed by atoms with Gasteiger partial charge in [0.05, 0.1) is 13.2 Å². The summed E-state index contributed by atoms with van der Waals surface area (Å²) in [6.45, 7) is 4.49. The molecule has 4 rings (SSSR count). The van der Waals surface area contributed by atoms with Gasteiger partial charge in [-0.05, 0) is 31.2 Å². The summed E-state index contributed by atoms with van der Waals surface area (Å²) in [5, 5.41) is 6.15. The van der Waals surface area contributed by atoms with Crippen molar-refractivity contribution < 1.29 is 18.8 Å². The van der Waals surface area contributed by atoms with Gasteiger partial charge in [-0.2, -0.15) is 4.98 Å². The van der Waals surface area contributed by atoms with Crippen LogP contribution in [-0.2, 0) is 4.74 Å². The van der Waals surface area contributed by atoms with Gasteiger partial charge in [-0.1, -0.05) is 5.16 Å². The Hall–Kier alpha value is -3.31. The van der Waals surface area contributed by atoms with Crippen LogP contribution in [0.25, 0.3) is 11.5 Å². The minimum atomic E-state index is -0.480. The lowest BCUT2D eigenvalue weighted by molar-refractivity contribution is 0.0844. The molecule has 1 fully saturated rings. The number of hydrazine groups is 1. The van der Waals surface area contributed by atoms with Crippen molar-refractivity contribution in [3.63, 3.8) is 0 Å². The first-order chi connectivity index (χ1) is 14.1. The van der Waals surface area contributed by atoms with E-state index in [-0.39, 0.29) is 5.69 Å². The average molecular weight is 414 g/mol. The standard InChI is InChI=1S/C18H18N6O4S/c1-11-19-17(28-23-11)13-4-2-12(3-5-13)15(25)21-22-16(26)14-10-29-18(20-14)24-6-8-27-9-7-24/h2-5,10H,6-9H2,1H3,(H,21,25)(H,22,26). The number of nitrogens with zero attached hydrogens (tertiary/aromatic N) is 4. The van der Waals surface area contributed by atoms with E-state index in [9.17, 15) is 9.59 Å². The number of anilines is 1. The lowest BCUT2D eigenvalue weighted by atomic mass is 10.1. The van der Waals surface area contributed by atoms with Crippen molar-refractivity contribution in [3.05, 3.63) is 46.7 Å². The normalized spacial score (nSPS) is 13.9. The zero-order chi connectivity index (χ0) is 20.2. The van der Waals surface area contributed by atoms with Crippen molar-refractivity contribution in [1.29, 1.82) is 0 Å². The summed E-state index contributed by atoms with van der Waals surface area (Å²) in [6.07, 6.45) is 0. The molecule has 0 saturated carbocycles. The highest BCUT2D eigenvalue weighted by Crippen LogP contribution is 2.21. The number of aryl methyl sites for hydroxylation is 1. The number of hydrogen-bond donors (Lipinski definition) is 2. The largest absolute Gasteiger partial charge is 0.378 e. The van der Waals surface area contributed by atoms with E-state index in [4.69, 9.17) is 9.26 Å². The van der Waals surface area contributed by atoms with Gasteiger partial charge < -0.3 is 14.2 Å². The van der Waals surface area contributed by atoms with Crippen molar-refractivity contribution in [2.45, 2.75) is 6.92 Å². The Morgan fingerprint density at radius 1 is 1.07 bits per heavy atom. The number of morpholine rings is 1. The molecule has 2 aromatic heterocycles. The smallest absolute Gasteiger partial charge is 0.289 e. The predicted octanol–water partition coefficient (Wildman–Crippen LogP) is 1.41. The third-order valence-corrected chi connectivity index (χ3v) is 5.12. The van der Waals surface area contributed by atoms with E-state index in [1.807, 2.05) is 0 Å². The fourth-order valence-electron chi connectivity index (χ4n) is 2.70. The Bertz CT molecular complexity index is 1010. The van der Waals surface area contributed by atoms with E-state index in [0.717, 1.165) is 18.2 Å². The number of ether oxygens (including phenoxy) is 1. The second-order valence-electron chi connectivity index (χ2n) is 6.25. The molecule has 0 unspecified atom stereocenters. The molecule has 0 atom stereocenters. The van der Waals surface area contributed by atoms with Gasteiger partial charge in [0.1, 0.15) is 5.69 Å². The Morgan fingerprint density at radius 3 is 2.48 bits per heavy atom. The van der Waals surface area contributed by atoms with Crippen LogP contribution in [0.1, 0.15) is 26.7 Å². The van der Waals surface area contributed by atoms with E-state index in [2.05, 4.69) is 30.9 Å². The number of carbonyl (C=O) groups is 2. The van der Waals surface area contributed by atoms with Gasteiger partial charge in [-0.3, -0.25) is 20.4 Å². The number of aromatic nitrogens is 3. The molecule has 1 aliphatic heterocycles. The first-order valence-corrected chi connectivity index (χ1v) is 9.78. The number of carbonyl (C=O) groups excluding carboxylic acids is 2. The second-order valence-corrected chi connectivity index (χ2v) is 7.08. The summed E-state index contributed by atoms with van der Waals surface area (Å²) in [4.78, 5) is 35.1. The topological polar surface area (TPSA) is 122 Å². The van der Waals surface area contributed by atoms with Gasteiger partial charge >= 0.3 is 0 Å². The highest BCUT2D eigenvalue weighted by molar-refractivity contribution is 7.13. The fourth-order valence-corrected chi connectivity index (χ4v) is 3.56. The lowest BCUT2D eigenvalue weighted by Gasteiger charge is -2.25. The minimum Gasteiger partial charge on any atom is -0.378 e. The van der Waals surface area contributed by atoms with Gasteiger partial charge in [-0.15, -0.1) is 11.3 Å². The Kier molecular flexibility index (Phi) is 5.49. The van der Waals surface area contributed by atoms with Gasteiger partial charge in [0.15, 0.2) is 11.0 Å². The predicted molar refractivity (Wildman–Crippen MR) is 105 cm³/mol. The monoisotopic (exact) mass is 414 g/mol. The van der Waals surface area contributed by atoms with Crippen LogP contribution in [0.3, 0.4) is 0 Å². The van der Waals surface area contributed by atoms with E-state index in [0.29, 0.717) is 36.1 Å². The first kappa shape index (κ1) is 19.0. The first-order valence-electron chi connectivity index (χ1n) is 8.90. The average Bonchev–Trinajstić information content (AvgIpc) is 3.42. The molecule has 2 N–H and O–H groups in total. The molecule has 1 aliphatic rings. The number of amides is 2. The van der Waals surface area contributed by atoms with Gasteiger partial charge in [0.25, 0.3) is 17.7 Å². The number of nitrogens with one attached hydrogen (secondary N) is 2. The fraction of sp³-hybridized carbons (Fsp3) is 0.278. The van der Waals surface area contributed by atoms with Crippen LogP contribution in [0.15, 0.2) is 34.2 Å². The lowest BCUT2D eigenvalue weighted by Crippen LogP contribution is -2.41. The van der Waals surface area contributed by atoms with Crippen LogP contribution in [0, 0.1) is 6.92 Å². The summed E-state index contributed by atoms with van der Waals surface area (Å²) in [5.41, 5.74) is 6.10. The number of thiazole rings is 1. The zero-order valence-electron chi connectivity index (χ0n) is 15.5. The summed E-state index contributed by atoms with van der Waals surface area (Å²) in [6, 6.07) is 6.60. The van der Waals surface area contributed by atoms with Crippen molar-refractivity contribution in [2.75, 3.05) is 31.2 Å². The molecule has 10 nitrogen and oxygen atoms in total. The van der Waals surface area contributed by atoms with Crippen LogP contribution in [0.4, 0.5) is 5.13 Å². The quantitative estimate of drug-likeness (QED) is 0.615. The van der Waals surface area contributed by atoms with Crippen molar-refractivity contribution in [2.24, 2.45) is 0 Å². The maximum Gasteiger partial charge on any atom is 0.289 e. The van der Waals surface area contributed by atoms with E-state index < -0.39 is 11.8 Å². The molecule has 0 spiro atoms. The molecule has 11 heteroatoms. The summed E-state index contributed by atoms with van der Waals surface area (Å²) in [5.74, 6) is -0.0204. The van der Waals surface area contributed by atoms with Gasteiger partial charge in [0.2, 0.25) is 0 Å². The van der Waals surface area contributed by atoms with Crippen LogP contribution in [0.2, 0.25) is 0 Å². The summed E-state index contributed by atoms with van der Waals surface area (Å²) < 4.78 is 10.4. The minimum absolute atomic E-state index is 0.249. The third-order valence-electron chi connectivity index (χ3n) is 4.22. The number of hydrogen-bond acceptors (Lipinski definition) is 9. The Morgan fingerprint density at radius 2 is 1.79 bits per heavy atom. The van der Waals surface area contributed by atoms with Crippen molar-refractivity contribution >= 4 is 28.3 Å². The van der Waals surface area contributed by atoms with E-state index >= 15 is 0 Å². The molecule has 1 aromatic carbocycles. The molecule has 29 heavy (non-hydrogen) atoms. The molecule has 3 heterocycles. The van der Waals surface area contributed by atoms with Crippen LogP contribution >= 0.6 is 11.3 Å². The van der Waals surface area contributed by atoms with Crippen LogP contribution < -0.4 is 15.8 Å². The van der Waals surface area contributed by atoms with Crippen LogP contribution in [-0.4, -0.2) is 53.2 Å². The van der Waals surface area contributed by atoms with Crippen LogP contribution in [0.5, 0.6) is 0 Å². The molecule has 3 aromatic rings. The van der Waals surface area contributed by atoms with E-state index in [1.54, 1.807) is 36.6 Å². The summed E-state index contributed by atoms with van der Waals surface area (Å²) >= 11 is 1.38. The zero-order valence-corrected chi connectivity index (χ0v) is 16.4. The maximum atomic E-state index is 12.3. The number of rotatable bonds is 4. The second kappa shape index (κ2) is 8.37. The van der Waals surface area contributed by atoms with Crippen molar-refractivity contribution in [1.82, 2.24) is 26.0 Å². The highest BCUT2D eigenvalue weighted by Gasteiger charge is 2.18. The Labute approximate surface area is 169 Å². The summed E-state index contributed by atoms with van der Waals surface area (Å²) in [7, 11) is 0. The maximum absolute atomic E-state index is 12.3. The van der Waals surface area contributed by atoms with Gasteiger partial charge in [-0.25, -0.2) is 4.98 Å². The van der Waals surface area contributed by atoms with E-state index in [1.165, 1.54) is 11.3 Å².